The Morgan fingerprint density at radius 2 is 1.76 bits per heavy atom. The minimum Gasteiger partial charge on any atom is -0.378 e. The van der Waals surface area contributed by atoms with Crippen LogP contribution in [0.5, 0.6) is 0 Å². The summed E-state index contributed by atoms with van der Waals surface area (Å²) in [5.74, 6) is 0. The Kier molecular flexibility index (Phi) is 5.25. The van der Waals surface area contributed by atoms with Crippen LogP contribution in [0.25, 0.3) is 0 Å². The van der Waals surface area contributed by atoms with Gasteiger partial charge in [-0.25, -0.2) is 21.6 Å². The second kappa shape index (κ2) is 6.37. The molecule has 0 unspecified atom stereocenters. The van der Waals surface area contributed by atoms with Crippen LogP contribution in [0.2, 0.25) is 0 Å². The highest BCUT2D eigenvalue weighted by Gasteiger charge is 2.18. The standard InChI is InChI=1S/C10H15N3O6S2/c1-20(16,17)8-3-4-9(10(7-8)13(14)15)11-5-6-12-21(2,18)19/h3-4,7,11-12H,5-6H2,1-2H3. The van der Waals surface area contributed by atoms with Crippen LogP contribution in [0.3, 0.4) is 0 Å². The lowest BCUT2D eigenvalue weighted by Crippen LogP contribution is -2.27. The Balaban J connectivity index is 2.90. The average molecular weight is 337 g/mol. The molecule has 0 heterocycles. The van der Waals surface area contributed by atoms with Crippen molar-refractivity contribution in [3.8, 4) is 0 Å². The molecule has 21 heavy (non-hydrogen) atoms. The fourth-order valence-corrected chi connectivity index (χ4v) is 2.59. The van der Waals surface area contributed by atoms with Crippen molar-refractivity contribution >= 4 is 31.2 Å². The van der Waals surface area contributed by atoms with Gasteiger partial charge in [-0.05, 0) is 12.1 Å². The van der Waals surface area contributed by atoms with Crippen molar-refractivity contribution < 1.29 is 21.8 Å². The zero-order valence-corrected chi connectivity index (χ0v) is 13.0. The number of nitrogens with one attached hydrogen (secondary N) is 2. The number of benzene rings is 1. The van der Waals surface area contributed by atoms with E-state index >= 15 is 0 Å². The fourth-order valence-electron chi connectivity index (χ4n) is 1.48. The van der Waals surface area contributed by atoms with Crippen LogP contribution in [0.15, 0.2) is 23.1 Å². The van der Waals surface area contributed by atoms with Crippen molar-refractivity contribution in [3.63, 3.8) is 0 Å². The van der Waals surface area contributed by atoms with Gasteiger partial charge in [-0.2, -0.15) is 0 Å². The molecule has 1 aromatic carbocycles. The molecule has 0 saturated heterocycles. The summed E-state index contributed by atoms with van der Waals surface area (Å²) in [6, 6.07) is 3.48. The summed E-state index contributed by atoms with van der Waals surface area (Å²) < 4.78 is 46.7. The summed E-state index contributed by atoms with van der Waals surface area (Å²) >= 11 is 0. The molecular weight excluding hydrogens is 322 g/mol. The van der Waals surface area contributed by atoms with Gasteiger partial charge in [0.25, 0.3) is 5.69 Å². The van der Waals surface area contributed by atoms with Gasteiger partial charge in [0.1, 0.15) is 5.69 Å². The molecule has 0 aliphatic carbocycles. The maximum Gasteiger partial charge on any atom is 0.293 e. The zero-order chi connectivity index (χ0) is 16.3. The summed E-state index contributed by atoms with van der Waals surface area (Å²) in [6.07, 6.45) is 1.95. The maximum absolute atomic E-state index is 11.4. The van der Waals surface area contributed by atoms with E-state index in [-0.39, 0.29) is 23.7 Å². The van der Waals surface area contributed by atoms with E-state index in [1.165, 1.54) is 12.1 Å². The molecular formula is C10H15N3O6S2. The summed E-state index contributed by atoms with van der Waals surface area (Å²) in [7, 11) is -6.88. The molecule has 0 saturated carbocycles. The smallest absolute Gasteiger partial charge is 0.293 e. The lowest BCUT2D eigenvalue weighted by Gasteiger charge is -2.08. The minimum atomic E-state index is -3.54. The van der Waals surface area contributed by atoms with Gasteiger partial charge in [0.15, 0.2) is 9.84 Å². The summed E-state index contributed by atoms with van der Waals surface area (Å²) in [5, 5.41) is 13.6. The highest BCUT2D eigenvalue weighted by Crippen LogP contribution is 2.27. The third kappa shape index (κ3) is 5.65. The van der Waals surface area contributed by atoms with E-state index in [9.17, 15) is 26.9 Å². The van der Waals surface area contributed by atoms with E-state index in [1.807, 2.05) is 0 Å². The van der Waals surface area contributed by atoms with Crippen molar-refractivity contribution in [2.24, 2.45) is 0 Å². The van der Waals surface area contributed by atoms with Crippen molar-refractivity contribution in [1.82, 2.24) is 4.72 Å². The number of nitro benzene ring substituents is 1. The van der Waals surface area contributed by atoms with Gasteiger partial charge < -0.3 is 5.32 Å². The molecule has 9 nitrogen and oxygen atoms in total. The molecule has 2 N–H and O–H groups in total. The van der Waals surface area contributed by atoms with Gasteiger partial charge in [-0.3, -0.25) is 10.1 Å². The van der Waals surface area contributed by atoms with E-state index < -0.39 is 30.5 Å². The van der Waals surface area contributed by atoms with E-state index in [2.05, 4.69) is 10.0 Å². The molecule has 0 aliphatic rings. The third-order valence-corrected chi connectivity index (χ3v) is 4.24. The molecule has 0 amide bonds. The predicted octanol–water partition coefficient (Wildman–Crippen LogP) is -0.0406. The Labute approximate surface area is 122 Å². The normalized spacial score (nSPS) is 12.1. The molecule has 0 spiro atoms. The highest BCUT2D eigenvalue weighted by molar-refractivity contribution is 7.90. The van der Waals surface area contributed by atoms with Gasteiger partial charge in [-0.15, -0.1) is 0 Å². The first-order chi connectivity index (χ1) is 9.50. The van der Waals surface area contributed by atoms with Gasteiger partial charge in [0, 0.05) is 25.4 Å². The summed E-state index contributed by atoms with van der Waals surface area (Å²) in [4.78, 5) is 10.1. The molecule has 1 aromatic rings. The largest absolute Gasteiger partial charge is 0.378 e. The Morgan fingerprint density at radius 1 is 1.14 bits per heavy atom. The lowest BCUT2D eigenvalue weighted by molar-refractivity contribution is -0.384. The first kappa shape index (κ1) is 17.3. The Morgan fingerprint density at radius 3 is 2.24 bits per heavy atom. The summed E-state index contributed by atoms with van der Waals surface area (Å²) in [6.45, 7) is 0.163. The number of hydrogen-bond donors (Lipinski definition) is 2. The lowest BCUT2D eigenvalue weighted by atomic mass is 10.2. The van der Waals surface area contributed by atoms with Crippen molar-refractivity contribution in [2.45, 2.75) is 4.90 Å². The highest BCUT2D eigenvalue weighted by atomic mass is 32.2. The second-order valence-electron chi connectivity index (χ2n) is 4.30. The molecule has 0 radical (unpaired) electrons. The van der Waals surface area contributed by atoms with Crippen LogP contribution in [0.1, 0.15) is 0 Å². The van der Waals surface area contributed by atoms with Crippen LogP contribution in [-0.2, 0) is 19.9 Å². The fraction of sp³-hybridized carbons (Fsp3) is 0.400. The minimum absolute atomic E-state index is 0.0455. The van der Waals surface area contributed by atoms with Crippen LogP contribution in [0, 0.1) is 10.1 Å². The van der Waals surface area contributed by atoms with Crippen LogP contribution >= 0.6 is 0 Å². The van der Waals surface area contributed by atoms with E-state index in [1.54, 1.807) is 0 Å². The van der Waals surface area contributed by atoms with Crippen molar-refractivity contribution in [3.05, 3.63) is 28.3 Å². The molecule has 0 atom stereocenters. The quantitative estimate of drug-likeness (QED) is 0.405. The molecule has 0 bridgehead atoms. The number of nitrogens with zero attached hydrogens (tertiary/aromatic N) is 1. The van der Waals surface area contributed by atoms with Gasteiger partial charge >= 0.3 is 0 Å². The number of sulfone groups is 1. The molecule has 0 aromatic heterocycles. The summed E-state index contributed by atoms with van der Waals surface area (Å²) in [5.41, 5.74) is -0.278. The average Bonchev–Trinajstić information content (AvgIpc) is 2.32. The zero-order valence-electron chi connectivity index (χ0n) is 11.4. The number of rotatable bonds is 7. The van der Waals surface area contributed by atoms with Crippen molar-refractivity contribution in [1.29, 1.82) is 0 Å². The number of anilines is 1. The molecule has 0 fully saturated rings. The first-order valence-electron chi connectivity index (χ1n) is 5.68. The molecule has 0 aliphatic heterocycles. The predicted molar refractivity (Wildman–Crippen MR) is 77.5 cm³/mol. The van der Waals surface area contributed by atoms with Gasteiger partial charge in [-0.1, -0.05) is 0 Å². The Bertz CT molecular complexity index is 742. The monoisotopic (exact) mass is 337 g/mol. The van der Waals surface area contributed by atoms with Gasteiger partial charge in [0.05, 0.1) is 16.1 Å². The van der Waals surface area contributed by atoms with Crippen molar-refractivity contribution in [2.75, 3.05) is 30.9 Å². The maximum atomic E-state index is 11.4. The van der Waals surface area contributed by atoms with Crippen LogP contribution < -0.4 is 10.0 Å². The molecule has 118 valence electrons. The Hall–Kier alpha value is -1.72. The number of hydrogen-bond acceptors (Lipinski definition) is 7. The van der Waals surface area contributed by atoms with E-state index in [0.717, 1.165) is 18.6 Å². The topological polar surface area (TPSA) is 135 Å². The molecule has 1 rings (SSSR count). The van der Waals surface area contributed by atoms with E-state index in [0.29, 0.717) is 0 Å². The van der Waals surface area contributed by atoms with Gasteiger partial charge in [0.2, 0.25) is 10.0 Å². The number of sulfonamides is 1. The van der Waals surface area contributed by atoms with Crippen LogP contribution in [-0.4, -0.2) is 47.4 Å². The first-order valence-corrected chi connectivity index (χ1v) is 9.46. The SMILES string of the molecule is CS(=O)(=O)NCCNc1ccc(S(C)(=O)=O)cc1[N+](=O)[O-]. The number of nitro groups is 1. The second-order valence-corrected chi connectivity index (χ2v) is 8.15. The molecule has 11 heteroatoms. The van der Waals surface area contributed by atoms with E-state index in [4.69, 9.17) is 0 Å². The third-order valence-electron chi connectivity index (χ3n) is 2.40. The van der Waals surface area contributed by atoms with Crippen LogP contribution in [0.4, 0.5) is 11.4 Å².